The van der Waals surface area contributed by atoms with Gasteiger partial charge in [0.15, 0.2) is 0 Å². The van der Waals surface area contributed by atoms with Crippen molar-refractivity contribution in [1.82, 2.24) is 9.80 Å². The molecule has 4 nitrogen and oxygen atoms in total. The van der Waals surface area contributed by atoms with Crippen LogP contribution in [0.5, 0.6) is 0 Å². The topological polar surface area (TPSA) is 35.9 Å². The van der Waals surface area contributed by atoms with Crippen molar-refractivity contribution in [2.24, 2.45) is 0 Å². The van der Waals surface area contributed by atoms with Crippen LogP contribution in [-0.4, -0.2) is 67.4 Å². The van der Waals surface area contributed by atoms with Crippen LogP contribution in [0.2, 0.25) is 0 Å². The van der Waals surface area contributed by atoms with Gasteiger partial charge in [0.2, 0.25) is 0 Å². The first kappa shape index (κ1) is 16.4. The van der Waals surface area contributed by atoms with E-state index in [1.54, 1.807) is 12.1 Å². The number of aliphatic hydroxyl groups is 1. The third-order valence-corrected chi connectivity index (χ3v) is 3.91. The maximum atomic E-state index is 12.9. The number of piperazine rings is 1. The number of β-amino-alcohol motifs (C(OH)–C–C–N with tert-alkyl or cyclic N) is 1. The summed E-state index contributed by atoms with van der Waals surface area (Å²) in [6.45, 7) is 9.04. The van der Waals surface area contributed by atoms with E-state index in [9.17, 15) is 9.50 Å². The maximum absolute atomic E-state index is 12.9. The van der Waals surface area contributed by atoms with Crippen molar-refractivity contribution in [1.29, 1.82) is 0 Å². The molecule has 0 spiro atoms. The Bertz CT molecular complexity index is 405. The molecule has 0 radical (unpaired) electrons. The highest BCUT2D eigenvalue weighted by molar-refractivity contribution is 5.18. The quantitative estimate of drug-likeness (QED) is 0.774. The Labute approximate surface area is 126 Å². The molecule has 1 atom stereocenters. The highest BCUT2D eigenvalue weighted by Gasteiger charge is 2.19. The lowest BCUT2D eigenvalue weighted by atomic mass is 10.1. The van der Waals surface area contributed by atoms with Crippen LogP contribution in [0.25, 0.3) is 0 Å². The van der Waals surface area contributed by atoms with E-state index in [0.717, 1.165) is 51.5 Å². The van der Waals surface area contributed by atoms with Crippen LogP contribution in [0.3, 0.4) is 0 Å². The first-order valence-corrected chi connectivity index (χ1v) is 7.65. The van der Waals surface area contributed by atoms with Crippen molar-refractivity contribution in [3.63, 3.8) is 0 Å². The molecular formula is C16H25FN2O2. The van der Waals surface area contributed by atoms with Crippen molar-refractivity contribution < 1.29 is 14.2 Å². The monoisotopic (exact) mass is 296 g/mol. The van der Waals surface area contributed by atoms with Crippen molar-refractivity contribution >= 4 is 0 Å². The van der Waals surface area contributed by atoms with E-state index in [1.807, 2.05) is 6.92 Å². The number of nitrogens with zero attached hydrogens (tertiary/aromatic N) is 2. The molecule has 1 aromatic rings. The van der Waals surface area contributed by atoms with E-state index in [-0.39, 0.29) is 5.82 Å². The van der Waals surface area contributed by atoms with Gasteiger partial charge in [-0.1, -0.05) is 12.1 Å². The van der Waals surface area contributed by atoms with Crippen LogP contribution in [-0.2, 0) is 4.74 Å². The predicted molar refractivity (Wildman–Crippen MR) is 80.7 cm³/mol. The van der Waals surface area contributed by atoms with Gasteiger partial charge in [-0.05, 0) is 24.6 Å². The van der Waals surface area contributed by atoms with Gasteiger partial charge in [-0.15, -0.1) is 0 Å². The molecule has 5 heteroatoms. The Morgan fingerprint density at radius 2 is 1.76 bits per heavy atom. The smallest absolute Gasteiger partial charge is 0.123 e. The molecule has 0 saturated carbocycles. The van der Waals surface area contributed by atoms with E-state index in [4.69, 9.17) is 4.74 Å². The number of halogens is 1. The van der Waals surface area contributed by atoms with Gasteiger partial charge < -0.3 is 9.84 Å². The minimum atomic E-state index is -0.555. The fourth-order valence-electron chi connectivity index (χ4n) is 2.57. The number of aliphatic hydroxyl groups excluding tert-OH is 1. The van der Waals surface area contributed by atoms with Crippen LogP contribution in [0, 0.1) is 5.82 Å². The SMILES string of the molecule is CCOCCN1CCN(C[C@@H](O)c2ccc(F)cc2)CC1. The first-order chi connectivity index (χ1) is 10.2. The molecule has 1 aromatic carbocycles. The van der Waals surface area contributed by atoms with Crippen molar-refractivity contribution in [2.75, 3.05) is 52.5 Å². The number of ether oxygens (including phenoxy) is 1. The maximum Gasteiger partial charge on any atom is 0.123 e. The molecule has 0 amide bonds. The molecular weight excluding hydrogens is 271 g/mol. The zero-order chi connectivity index (χ0) is 15.1. The van der Waals surface area contributed by atoms with E-state index in [2.05, 4.69) is 9.80 Å². The Morgan fingerprint density at radius 3 is 2.38 bits per heavy atom. The van der Waals surface area contributed by atoms with Crippen molar-refractivity contribution in [2.45, 2.75) is 13.0 Å². The van der Waals surface area contributed by atoms with E-state index in [1.165, 1.54) is 12.1 Å². The average molecular weight is 296 g/mol. The second-order valence-electron chi connectivity index (χ2n) is 5.41. The van der Waals surface area contributed by atoms with Crippen LogP contribution in [0.1, 0.15) is 18.6 Å². The van der Waals surface area contributed by atoms with Gasteiger partial charge in [-0.2, -0.15) is 0 Å². The Kier molecular flexibility index (Phi) is 6.57. The van der Waals surface area contributed by atoms with Gasteiger partial charge in [0.25, 0.3) is 0 Å². The summed E-state index contributed by atoms with van der Waals surface area (Å²) in [7, 11) is 0. The molecule has 1 fully saturated rings. The summed E-state index contributed by atoms with van der Waals surface area (Å²) in [5.74, 6) is -0.270. The normalized spacial score (nSPS) is 18.8. The fraction of sp³-hybridized carbons (Fsp3) is 0.625. The fourth-order valence-corrected chi connectivity index (χ4v) is 2.57. The van der Waals surface area contributed by atoms with Gasteiger partial charge in [0, 0.05) is 45.9 Å². The molecule has 1 saturated heterocycles. The summed E-state index contributed by atoms with van der Waals surface area (Å²) in [5, 5.41) is 10.2. The van der Waals surface area contributed by atoms with E-state index in [0.29, 0.717) is 6.54 Å². The van der Waals surface area contributed by atoms with E-state index < -0.39 is 6.10 Å². The summed E-state index contributed by atoms with van der Waals surface area (Å²) >= 11 is 0. The number of hydrogen-bond donors (Lipinski definition) is 1. The highest BCUT2D eigenvalue weighted by atomic mass is 19.1. The molecule has 1 aliphatic rings. The van der Waals surface area contributed by atoms with Crippen LogP contribution >= 0.6 is 0 Å². The van der Waals surface area contributed by atoms with Crippen LogP contribution in [0.4, 0.5) is 4.39 Å². The molecule has 2 rings (SSSR count). The second kappa shape index (κ2) is 8.44. The van der Waals surface area contributed by atoms with Crippen LogP contribution in [0.15, 0.2) is 24.3 Å². The average Bonchev–Trinajstić information content (AvgIpc) is 2.50. The molecule has 1 heterocycles. The molecule has 118 valence electrons. The van der Waals surface area contributed by atoms with Crippen molar-refractivity contribution in [3.8, 4) is 0 Å². The summed E-state index contributed by atoms with van der Waals surface area (Å²) in [6, 6.07) is 6.09. The molecule has 21 heavy (non-hydrogen) atoms. The van der Waals surface area contributed by atoms with Crippen LogP contribution < -0.4 is 0 Å². The molecule has 1 aliphatic heterocycles. The standard InChI is InChI=1S/C16H25FN2O2/c1-2-21-12-11-18-7-9-19(10-8-18)13-16(20)14-3-5-15(17)6-4-14/h3-6,16,20H,2,7-13H2,1H3/t16-/m1/s1. The lowest BCUT2D eigenvalue weighted by Gasteiger charge is -2.35. The molecule has 0 aliphatic carbocycles. The molecule has 0 bridgehead atoms. The molecule has 1 N–H and O–H groups in total. The summed E-state index contributed by atoms with van der Waals surface area (Å²) in [6.07, 6.45) is -0.555. The predicted octanol–water partition coefficient (Wildman–Crippen LogP) is 1.51. The molecule has 0 aromatic heterocycles. The summed E-state index contributed by atoms with van der Waals surface area (Å²) in [4.78, 5) is 4.64. The third-order valence-electron chi connectivity index (χ3n) is 3.91. The Morgan fingerprint density at radius 1 is 1.14 bits per heavy atom. The zero-order valence-corrected chi connectivity index (χ0v) is 12.7. The van der Waals surface area contributed by atoms with Crippen molar-refractivity contribution in [3.05, 3.63) is 35.6 Å². The lowest BCUT2D eigenvalue weighted by Crippen LogP contribution is -2.48. The zero-order valence-electron chi connectivity index (χ0n) is 12.7. The Balaban J connectivity index is 1.71. The van der Waals surface area contributed by atoms with Gasteiger partial charge in [0.05, 0.1) is 12.7 Å². The highest BCUT2D eigenvalue weighted by Crippen LogP contribution is 2.15. The van der Waals surface area contributed by atoms with Gasteiger partial charge >= 0.3 is 0 Å². The lowest BCUT2D eigenvalue weighted by molar-refractivity contribution is 0.0550. The third kappa shape index (κ3) is 5.36. The van der Waals surface area contributed by atoms with Gasteiger partial charge in [-0.3, -0.25) is 9.80 Å². The first-order valence-electron chi connectivity index (χ1n) is 7.65. The summed E-state index contributed by atoms with van der Waals surface area (Å²) in [5.41, 5.74) is 0.773. The largest absolute Gasteiger partial charge is 0.387 e. The number of benzene rings is 1. The number of hydrogen-bond acceptors (Lipinski definition) is 4. The van der Waals surface area contributed by atoms with Gasteiger partial charge in [-0.25, -0.2) is 4.39 Å². The van der Waals surface area contributed by atoms with E-state index >= 15 is 0 Å². The minimum absolute atomic E-state index is 0.270. The number of rotatable bonds is 7. The minimum Gasteiger partial charge on any atom is -0.387 e. The van der Waals surface area contributed by atoms with Gasteiger partial charge in [0.1, 0.15) is 5.82 Å². The second-order valence-corrected chi connectivity index (χ2v) is 5.41. The summed E-state index contributed by atoms with van der Waals surface area (Å²) < 4.78 is 18.2. The molecule has 0 unspecified atom stereocenters. The Hall–Kier alpha value is -1.01.